The second kappa shape index (κ2) is 5.73. The maximum atomic E-state index is 11.7. The number of phenolic OH excluding ortho intramolecular Hbond substituents is 1. The zero-order valence-corrected chi connectivity index (χ0v) is 13.9. The molecule has 0 saturated heterocycles. The number of hydrogen-bond donors (Lipinski definition) is 2. The normalized spacial score (nSPS) is 12.0. The van der Waals surface area contributed by atoms with Gasteiger partial charge in [0, 0.05) is 28.7 Å². The Morgan fingerprint density at radius 3 is 2.78 bits per heavy atom. The third-order valence-corrected chi connectivity index (χ3v) is 4.24. The van der Waals surface area contributed by atoms with Gasteiger partial charge in [0.2, 0.25) is 5.16 Å². The highest BCUT2D eigenvalue weighted by Gasteiger charge is 2.19. The van der Waals surface area contributed by atoms with Crippen molar-refractivity contribution in [1.82, 2.24) is 15.2 Å². The van der Waals surface area contributed by atoms with Crippen molar-refractivity contribution in [2.24, 2.45) is 0 Å². The zero-order valence-electron chi connectivity index (χ0n) is 13.1. The first-order valence-electron chi connectivity index (χ1n) is 7.14. The molecule has 3 rings (SSSR count). The van der Waals surface area contributed by atoms with Crippen LogP contribution in [-0.2, 0) is 11.2 Å². The first kappa shape index (κ1) is 15.6. The average Bonchev–Trinajstić information content (AvgIpc) is 2.93. The second-order valence-electron chi connectivity index (χ2n) is 6.28. The number of H-pyrrole nitrogens is 1. The number of benzene rings is 1. The SMILES string of the molecule is CC(C)(C)c1nc(SCc2cc(=O)oc3cc(O)ccc23)n[nH]1. The van der Waals surface area contributed by atoms with Crippen LogP contribution < -0.4 is 5.63 Å². The second-order valence-corrected chi connectivity index (χ2v) is 7.22. The lowest BCUT2D eigenvalue weighted by Crippen LogP contribution is -2.13. The number of aromatic nitrogens is 3. The Bertz CT molecular complexity index is 909. The molecule has 0 unspecified atom stereocenters. The lowest BCUT2D eigenvalue weighted by atomic mass is 9.96. The van der Waals surface area contributed by atoms with Gasteiger partial charge in [-0.05, 0) is 17.7 Å². The summed E-state index contributed by atoms with van der Waals surface area (Å²) in [4.78, 5) is 16.1. The van der Waals surface area contributed by atoms with Gasteiger partial charge in [0.25, 0.3) is 0 Å². The summed E-state index contributed by atoms with van der Waals surface area (Å²) in [5.74, 6) is 1.42. The predicted octanol–water partition coefficient (Wildman–Crippen LogP) is 3.21. The van der Waals surface area contributed by atoms with Crippen molar-refractivity contribution in [2.75, 3.05) is 0 Å². The molecule has 0 saturated carbocycles. The van der Waals surface area contributed by atoms with E-state index in [2.05, 4.69) is 36.0 Å². The molecule has 1 aromatic carbocycles. The number of aromatic amines is 1. The summed E-state index contributed by atoms with van der Waals surface area (Å²) < 4.78 is 5.12. The van der Waals surface area contributed by atoms with Crippen molar-refractivity contribution >= 4 is 22.7 Å². The van der Waals surface area contributed by atoms with Crippen molar-refractivity contribution < 1.29 is 9.52 Å². The van der Waals surface area contributed by atoms with Crippen LogP contribution >= 0.6 is 11.8 Å². The van der Waals surface area contributed by atoms with Gasteiger partial charge in [0.05, 0.1) is 0 Å². The maximum Gasteiger partial charge on any atom is 0.336 e. The van der Waals surface area contributed by atoms with Crippen LogP contribution in [0.4, 0.5) is 0 Å². The number of fused-ring (bicyclic) bond motifs is 1. The Morgan fingerprint density at radius 1 is 1.30 bits per heavy atom. The van der Waals surface area contributed by atoms with E-state index in [-0.39, 0.29) is 11.2 Å². The van der Waals surface area contributed by atoms with E-state index in [1.807, 2.05) is 0 Å². The van der Waals surface area contributed by atoms with E-state index in [1.165, 1.54) is 23.9 Å². The van der Waals surface area contributed by atoms with Crippen LogP contribution in [0.1, 0.15) is 32.2 Å². The molecule has 0 bridgehead atoms. The van der Waals surface area contributed by atoms with Crippen LogP contribution in [0.2, 0.25) is 0 Å². The van der Waals surface area contributed by atoms with Gasteiger partial charge >= 0.3 is 5.63 Å². The van der Waals surface area contributed by atoms with E-state index >= 15 is 0 Å². The summed E-state index contributed by atoms with van der Waals surface area (Å²) in [5.41, 5.74) is 0.662. The Morgan fingerprint density at radius 2 is 2.09 bits per heavy atom. The van der Waals surface area contributed by atoms with Gasteiger partial charge in [-0.2, -0.15) is 0 Å². The van der Waals surface area contributed by atoms with Gasteiger partial charge in [-0.25, -0.2) is 9.78 Å². The van der Waals surface area contributed by atoms with Crippen molar-refractivity contribution in [2.45, 2.75) is 37.1 Å². The van der Waals surface area contributed by atoms with Gasteiger partial charge in [0.15, 0.2) is 0 Å². The largest absolute Gasteiger partial charge is 0.508 e. The molecule has 0 spiro atoms. The van der Waals surface area contributed by atoms with E-state index in [4.69, 9.17) is 4.42 Å². The number of thioether (sulfide) groups is 1. The molecule has 23 heavy (non-hydrogen) atoms. The number of rotatable bonds is 3. The van der Waals surface area contributed by atoms with Gasteiger partial charge in [-0.15, -0.1) is 5.10 Å². The molecule has 0 aliphatic heterocycles. The number of hydrogen-bond acceptors (Lipinski definition) is 6. The molecule has 7 heteroatoms. The van der Waals surface area contributed by atoms with Crippen molar-refractivity contribution in [3.63, 3.8) is 0 Å². The summed E-state index contributed by atoms with van der Waals surface area (Å²) in [6.45, 7) is 6.18. The fraction of sp³-hybridized carbons (Fsp3) is 0.312. The summed E-state index contributed by atoms with van der Waals surface area (Å²) in [6.07, 6.45) is 0. The van der Waals surface area contributed by atoms with E-state index in [9.17, 15) is 9.90 Å². The predicted molar refractivity (Wildman–Crippen MR) is 88.8 cm³/mol. The monoisotopic (exact) mass is 331 g/mol. The summed E-state index contributed by atoms with van der Waals surface area (Å²) >= 11 is 1.44. The topological polar surface area (TPSA) is 92.0 Å². The number of nitrogens with one attached hydrogen (secondary N) is 1. The lowest BCUT2D eigenvalue weighted by Gasteiger charge is -2.12. The molecule has 0 atom stereocenters. The Hall–Kier alpha value is -2.28. The van der Waals surface area contributed by atoms with E-state index in [1.54, 1.807) is 12.1 Å². The molecule has 2 N–H and O–H groups in total. The minimum Gasteiger partial charge on any atom is -0.508 e. The fourth-order valence-corrected chi connectivity index (χ4v) is 2.92. The summed E-state index contributed by atoms with van der Waals surface area (Å²) in [7, 11) is 0. The van der Waals surface area contributed by atoms with E-state index in [0.717, 1.165) is 16.8 Å². The molecular weight excluding hydrogens is 314 g/mol. The van der Waals surface area contributed by atoms with Crippen LogP contribution in [0.5, 0.6) is 5.75 Å². The minimum absolute atomic E-state index is 0.0641. The number of phenols is 1. The van der Waals surface area contributed by atoms with Crippen LogP contribution in [0.25, 0.3) is 11.0 Å². The van der Waals surface area contributed by atoms with Gasteiger partial charge < -0.3 is 9.52 Å². The highest BCUT2D eigenvalue weighted by atomic mass is 32.2. The third kappa shape index (κ3) is 3.39. The highest BCUT2D eigenvalue weighted by Crippen LogP contribution is 2.27. The lowest BCUT2D eigenvalue weighted by molar-refractivity contribution is 0.473. The van der Waals surface area contributed by atoms with E-state index < -0.39 is 5.63 Å². The molecule has 3 aromatic rings. The van der Waals surface area contributed by atoms with Crippen molar-refractivity contribution in [3.8, 4) is 5.75 Å². The van der Waals surface area contributed by atoms with Crippen molar-refractivity contribution in [1.29, 1.82) is 0 Å². The van der Waals surface area contributed by atoms with Gasteiger partial charge in [-0.1, -0.05) is 32.5 Å². The van der Waals surface area contributed by atoms with Gasteiger partial charge in [-0.3, -0.25) is 5.10 Å². The molecule has 0 fully saturated rings. The Balaban J connectivity index is 1.87. The average molecular weight is 331 g/mol. The molecule has 0 aliphatic carbocycles. The first-order valence-corrected chi connectivity index (χ1v) is 8.13. The van der Waals surface area contributed by atoms with Crippen LogP contribution in [0.3, 0.4) is 0 Å². The number of nitrogens with zero attached hydrogens (tertiary/aromatic N) is 2. The maximum absolute atomic E-state index is 11.7. The van der Waals surface area contributed by atoms with Gasteiger partial charge in [0.1, 0.15) is 17.2 Å². The standard InChI is InChI=1S/C16H17N3O3S/c1-16(2,3)14-17-15(19-18-14)23-8-9-6-13(21)22-12-7-10(20)4-5-11(9)12/h4-7,20H,8H2,1-3H3,(H,17,18,19). The fourth-order valence-electron chi connectivity index (χ4n) is 2.13. The smallest absolute Gasteiger partial charge is 0.336 e. The zero-order chi connectivity index (χ0) is 16.6. The van der Waals surface area contributed by atoms with Crippen LogP contribution in [0, 0.1) is 0 Å². The molecule has 6 nitrogen and oxygen atoms in total. The molecule has 2 aromatic heterocycles. The molecule has 2 heterocycles. The van der Waals surface area contributed by atoms with E-state index in [0.29, 0.717) is 16.5 Å². The molecule has 0 radical (unpaired) electrons. The highest BCUT2D eigenvalue weighted by molar-refractivity contribution is 7.98. The van der Waals surface area contributed by atoms with Crippen LogP contribution in [-0.4, -0.2) is 20.3 Å². The molecule has 120 valence electrons. The first-order chi connectivity index (χ1) is 10.8. The molecule has 0 aliphatic rings. The quantitative estimate of drug-likeness (QED) is 0.565. The Labute approximate surface area is 136 Å². The molecular formula is C16H17N3O3S. The third-order valence-electron chi connectivity index (χ3n) is 3.35. The summed E-state index contributed by atoms with van der Waals surface area (Å²) in [6, 6.07) is 6.21. The minimum atomic E-state index is -0.441. The molecule has 0 amide bonds. The van der Waals surface area contributed by atoms with Crippen molar-refractivity contribution in [3.05, 3.63) is 46.1 Å². The summed E-state index contributed by atoms with van der Waals surface area (Å²) in [5, 5.41) is 18.1. The Kier molecular flexibility index (Phi) is 3.89. The number of aromatic hydroxyl groups is 1. The van der Waals surface area contributed by atoms with Crippen LogP contribution in [0.15, 0.2) is 38.6 Å².